The van der Waals surface area contributed by atoms with E-state index in [0.717, 1.165) is 18.4 Å². The van der Waals surface area contributed by atoms with Crippen LogP contribution in [0.5, 0.6) is 5.75 Å². The first-order chi connectivity index (χ1) is 14.8. The molecule has 8 nitrogen and oxygen atoms in total. The number of ether oxygens (including phenoxy) is 1. The van der Waals surface area contributed by atoms with Crippen molar-refractivity contribution in [3.05, 3.63) is 30.0 Å². The number of Topliss-reactive ketones (excluding diaryl/α,β-unsaturated/α-hetero) is 1. The molecule has 31 heavy (non-hydrogen) atoms. The monoisotopic (exact) mass is 429 g/mol. The standard InChI is InChI=1S/C23H31N3O5/c1-14(2)10-18(22(28)24-17-6-5-9-26(3)13-19(17)27)25-23(29)21-12-15-11-16(30-4)7-8-20(15)31-21/h7-8,11-12,14,17-18H,5-6,9-10,13H2,1-4H3,(H,24,28)(H,25,29). The van der Waals surface area contributed by atoms with Crippen LogP contribution in [-0.2, 0) is 9.59 Å². The molecule has 1 aliphatic rings. The first-order valence-electron chi connectivity index (χ1n) is 10.7. The number of furan rings is 1. The van der Waals surface area contributed by atoms with E-state index in [4.69, 9.17) is 9.15 Å². The zero-order valence-electron chi connectivity index (χ0n) is 18.6. The van der Waals surface area contributed by atoms with E-state index in [-0.39, 0.29) is 23.4 Å². The Morgan fingerprint density at radius 2 is 2.06 bits per heavy atom. The van der Waals surface area contributed by atoms with Crippen LogP contribution >= 0.6 is 0 Å². The minimum atomic E-state index is -0.760. The van der Waals surface area contributed by atoms with Crippen LogP contribution < -0.4 is 15.4 Å². The van der Waals surface area contributed by atoms with Gasteiger partial charge in [0.1, 0.15) is 17.4 Å². The zero-order valence-corrected chi connectivity index (χ0v) is 18.6. The molecule has 0 saturated carbocycles. The van der Waals surface area contributed by atoms with Gasteiger partial charge in [-0.25, -0.2) is 0 Å². The Labute approximate surface area is 182 Å². The molecular weight excluding hydrogens is 398 g/mol. The molecule has 0 bridgehead atoms. The second-order valence-corrected chi connectivity index (χ2v) is 8.58. The van der Waals surface area contributed by atoms with Crippen LogP contribution in [0.4, 0.5) is 0 Å². The van der Waals surface area contributed by atoms with Gasteiger partial charge in [-0.1, -0.05) is 13.8 Å². The van der Waals surface area contributed by atoms with Gasteiger partial charge in [0.05, 0.1) is 19.7 Å². The molecule has 2 atom stereocenters. The number of nitrogens with zero attached hydrogens (tertiary/aromatic N) is 1. The summed E-state index contributed by atoms with van der Waals surface area (Å²) < 4.78 is 10.9. The quantitative estimate of drug-likeness (QED) is 0.701. The van der Waals surface area contributed by atoms with Crippen molar-refractivity contribution in [1.82, 2.24) is 15.5 Å². The largest absolute Gasteiger partial charge is 0.497 e. The molecule has 2 N–H and O–H groups in total. The van der Waals surface area contributed by atoms with Crippen molar-refractivity contribution in [2.75, 3.05) is 27.2 Å². The number of methoxy groups -OCH3 is 1. The Morgan fingerprint density at radius 1 is 1.29 bits per heavy atom. The number of rotatable bonds is 7. The summed E-state index contributed by atoms with van der Waals surface area (Å²) >= 11 is 0. The van der Waals surface area contributed by atoms with Gasteiger partial charge in [0.25, 0.3) is 5.91 Å². The number of nitrogens with one attached hydrogen (secondary N) is 2. The van der Waals surface area contributed by atoms with Crippen LogP contribution in [0.3, 0.4) is 0 Å². The molecule has 0 radical (unpaired) electrons. The average molecular weight is 430 g/mol. The van der Waals surface area contributed by atoms with Gasteiger partial charge in [0.15, 0.2) is 11.5 Å². The number of likely N-dealkylation sites (N-methyl/N-ethyl adjacent to an activating group) is 1. The third-order valence-corrected chi connectivity index (χ3v) is 5.44. The molecule has 2 aromatic rings. The van der Waals surface area contributed by atoms with Crippen molar-refractivity contribution in [2.24, 2.45) is 5.92 Å². The van der Waals surface area contributed by atoms with Gasteiger partial charge in [-0.05, 0) is 63.0 Å². The highest BCUT2D eigenvalue weighted by molar-refractivity contribution is 5.99. The Morgan fingerprint density at radius 3 is 2.77 bits per heavy atom. The number of likely N-dealkylation sites (tertiary alicyclic amines) is 1. The second-order valence-electron chi connectivity index (χ2n) is 8.58. The molecule has 8 heteroatoms. The summed E-state index contributed by atoms with van der Waals surface area (Å²) in [6.45, 7) is 5.09. The van der Waals surface area contributed by atoms with Crippen LogP contribution in [0.25, 0.3) is 11.0 Å². The predicted molar refractivity (Wildman–Crippen MR) is 117 cm³/mol. The molecular formula is C23H31N3O5. The average Bonchev–Trinajstić information content (AvgIpc) is 3.08. The first-order valence-corrected chi connectivity index (χ1v) is 10.7. The summed E-state index contributed by atoms with van der Waals surface area (Å²) in [5, 5.41) is 6.38. The molecule has 1 aliphatic heterocycles. The molecule has 1 aromatic heterocycles. The van der Waals surface area contributed by atoms with Gasteiger partial charge in [0, 0.05) is 5.39 Å². The van der Waals surface area contributed by atoms with E-state index >= 15 is 0 Å². The number of amides is 2. The lowest BCUT2D eigenvalue weighted by Crippen LogP contribution is -2.52. The highest BCUT2D eigenvalue weighted by Crippen LogP contribution is 2.24. The van der Waals surface area contributed by atoms with Crippen molar-refractivity contribution in [3.8, 4) is 5.75 Å². The van der Waals surface area contributed by atoms with E-state index in [9.17, 15) is 14.4 Å². The van der Waals surface area contributed by atoms with E-state index in [1.54, 1.807) is 31.4 Å². The number of hydrogen-bond donors (Lipinski definition) is 2. The van der Waals surface area contributed by atoms with Crippen molar-refractivity contribution < 1.29 is 23.5 Å². The topological polar surface area (TPSA) is 101 Å². The summed E-state index contributed by atoms with van der Waals surface area (Å²) in [6, 6.07) is 5.61. The summed E-state index contributed by atoms with van der Waals surface area (Å²) in [7, 11) is 3.47. The fraction of sp³-hybridized carbons (Fsp3) is 0.522. The number of ketones is 1. The second kappa shape index (κ2) is 9.96. The summed E-state index contributed by atoms with van der Waals surface area (Å²) in [5.74, 6) is 0.139. The summed E-state index contributed by atoms with van der Waals surface area (Å²) in [4.78, 5) is 40.2. The van der Waals surface area contributed by atoms with E-state index in [1.807, 2.05) is 25.8 Å². The van der Waals surface area contributed by atoms with Gasteiger partial charge in [-0.3, -0.25) is 19.3 Å². The minimum Gasteiger partial charge on any atom is -0.497 e. The maximum atomic E-state index is 13.0. The summed E-state index contributed by atoms with van der Waals surface area (Å²) in [5.41, 5.74) is 0.559. The molecule has 0 spiro atoms. The van der Waals surface area contributed by atoms with Gasteiger partial charge in [0.2, 0.25) is 5.91 Å². The molecule has 1 aromatic carbocycles. The van der Waals surface area contributed by atoms with Crippen molar-refractivity contribution in [2.45, 2.75) is 45.2 Å². The predicted octanol–water partition coefficient (Wildman–Crippen LogP) is 2.37. The Hall–Kier alpha value is -2.87. The lowest BCUT2D eigenvalue weighted by molar-refractivity contribution is -0.129. The molecule has 2 heterocycles. The number of carbonyl (C=O) groups excluding carboxylic acids is 3. The Bertz CT molecular complexity index is 952. The Balaban J connectivity index is 1.72. The molecule has 3 rings (SSSR count). The van der Waals surface area contributed by atoms with Crippen molar-refractivity contribution >= 4 is 28.6 Å². The van der Waals surface area contributed by atoms with E-state index < -0.39 is 18.0 Å². The number of hydrogen-bond acceptors (Lipinski definition) is 6. The molecule has 0 aliphatic carbocycles. The highest BCUT2D eigenvalue weighted by Gasteiger charge is 2.29. The van der Waals surface area contributed by atoms with Crippen LogP contribution in [0.2, 0.25) is 0 Å². The fourth-order valence-electron chi connectivity index (χ4n) is 3.80. The smallest absolute Gasteiger partial charge is 0.287 e. The normalized spacial score (nSPS) is 18.6. The summed E-state index contributed by atoms with van der Waals surface area (Å²) in [6.07, 6.45) is 1.88. The molecule has 2 amide bonds. The van der Waals surface area contributed by atoms with Crippen LogP contribution in [-0.4, -0.2) is 61.8 Å². The molecule has 2 unspecified atom stereocenters. The molecule has 1 saturated heterocycles. The van der Waals surface area contributed by atoms with Crippen LogP contribution in [0.1, 0.15) is 43.7 Å². The van der Waals surface area contributed by atoms with E-state index in [2.05, 4.69) is 10.6 Å². The van der Waals surface area contributed by atoms with Gasteiger partial charge in [-0.15, -0.1) is 0 Å². The number of fused-ring (bicyclic) bond motifs is 1. The van der Waals surface area contributed by atoms with Crippen LogP contribution in [0.15, 0.2) is 28.7 Å². The van der Waals surface area contributed by atoms with Crippen molar-refractivity contribution in [1.29, 1.82) is 0 Å². The highest BCUT2D eigenvalue weighted by atomic mass is 16.5. The lowest BCUT2D eigenvalue weighted by atomic mass is 10.0. The number of carbonyl (C=O) groups is 3. The third kappa shape index (κ3) is 5.85. The lowest BCUT2D eigenvalue weighted by Gasteiger charge is -2.23. The Kier molecular flexibility index (Phi) is 7.33. The first kappa shape index (κ1) is 22.8. The minimum absolute atomic E-state index is 0.00537. The maximum absolute atomic E-state index is 13.0. The maximum Gasteiger partial charge on any atom is 0.287 e. The van der Waals surface area contributed by atoms with Gasteiger partial charge in [-0.2, -0.15) is 0 Å². The molecule has 168 valence electrons. The van der Waals surface area contributed by atoms with E-state index in [1.165, 1.54) is 0 Å². The number of benzene rings is 1. The third-order valence-electron chi connectivity index (χ3n) is 5.44. The van der Waals surface area contributed by atoms with Gasteiger partial charge < -0.3 is 19.8 Å². The van der Waals surface area contributed by atoms with Gasteiger partial charge >= 0.3 is 0 Å². The fourth-order valence-corrected chi connectivity index (χ4v) is 3.80. The van der Waals surface area contributed by atoms with Crippen molar-refractivity contribution in [3.63, 3.8) is 0 Å². The molecule has 1 fully saturated rings. The van der Waals surface area contributed by atoms with E-state index in [0.29, 0.717) is 30.7 Å². The SMILES string of the molecule is COc1ccc2oc(C(=O)NC(CC(C)C)C(=O)NC3CCCN(C)CC3=O)cc2c1. The van der Waals surface area contributed by atoms with Crippen LogP contribution in [0, 0.1) is 5.92 Å². The zero-order chi connectivity index (χ0) is 22.5.